The third kappa shape index (κ3) is 1.76. The second kappa shape index (κ2) is 4.07. The lowest BCUT2D eigenvalue weighted by molar-refractivity contribution is 0.944. The van der Waals surface area contributed by atoms with Crippen molar-refractivity contribution in [1.29, 1.82) is 0 Å². The zero-order chi connectivity index (χ0) is 13.7. The number of anilines is 1. The Kier molecular flexibility index (Phi) is 2.33. The van der Waals surface area contributed by atoms with Gasteiger partial charge in [-0.1, -0.05) is 0 Å². The summed E-state index contributed by atoms with van der Waals surface area (Å²) >= 11 is 0. The second-order valence-corrected chi connectivity index (χ2v) is 5.57. The molecule has 0 spiro atoms. The van der Waals surface area contributed by atoms with Crippen molar-refractivity contribution in [1.82, 2.24) is 14.5 Å². The molecule has 1 saturated carbocycles. The molecule has 4 nitrogen and oxygen atoms in total. The van der Waals surface area contributed by atoms with Crippen molar-refractivity contribution in [2.45, 2.75) is 25.7 Å². The van der Waals surface area contributed by atoms with Crippen molar-refractivity contribution >= 4 is 16.6 Å². The maximum absolute atomic E-state index is 6.02. The number of rotatable bonds is 2. The summed E-state index contributed by atoms with van der Waals surface area (Å²) in [5.41, 5.74) is 10.4. The minimum atomic E-state index is 0.639. The molecule has 0 radical (unpaired) electrons. The fourth-order valence-corrected chi connectivity index (χ4v) is 2.72. The maximum Gasteiger partial charge on any atom is 0.234 e. The largest absolute Gasteiger partial charge is 0.399 e. The summed E-state index contributed by atoms with van der Waals surface area (Å²) in [6.07, 6.45) is 8.22. The summed E-state index contributed by atoms with van der Waals surface area (Å²) in [5.74, 6) is 1.36. The predicted molar refractivity (Wildman–Crippen MR) is 80.0 cm³/mol. The number of hydrogen-bond donors (Lipinski definition) is 1. The third-order valence-corrected chi connectivity index (χ3v) is 3.84. The van der Waals surface area contributed by atoms with Gasteiger partial charge >= 0.3 is 0 Å². The van der Waals surface area contributed by atoms with Gasteiger partial charge in [0.15, 0.2) is 0 Å². The van der Waals surface area contributed by atoms with Crippen LogP contribution in [0.25, 0.3) is 16.9 Å². The summed E-state index contributed by atoms with van der Waals surface area (Å²) in [6.45, 7) is 1.99. The van der Waals surface area contributed by atoms with E-state index < -0.39 is 0 Å². The van der Waals surface area contributed by atoms with Crippen LogP contribution < -0.4 is 5.73 Å². The summed E-state index contributed by atoms with van der Waals surface area (Å²) < 4.78 is 2.07. The smallest absolute Gasteiger partial charge is 0.234 e. The number of nitrogens with zero attached hydrogens (tertiary/aromatic N) is 3. The number of hydrogen-bond acceptors (Lipinski definition) is 3. The van der Waals surface area contributed by atoms with E-state index in [1.165, 1.54) is 23.9 Å². The van der Waals surface area contributed by atoms with E-state index in [-0.39, 0.29) is 0 Å². The molecule has 4 heteroatoms. The molecule has 0 amide bonds. The standard InChI is InChI=1S/C16H16N4/c1-10-8-18-16(19-9-10)20-5-4-12-6-13(17)7-14(15(12)20)11-2-3-11/h4-9,11H,2-3,17H2,1H3. The third-order valence-electron chi connectivity index (χ3n) is 3.84. The summed E-state index contributed by atoms with van der Waals surface area (Å²) in [4.78, 5) is 8.87. The first-order valence-corrected chi connectivity index (χ1v) is 6.92. The zero-order valence-corrected chi connectivity index (χ0v) is 11.4. The van der Waals surface area contributed by atoms with Crippen molar-refractivity contribution in [2.24, 2.45) is 0 Å². The molecule has 2 aromatic heterocycles. The van der Waals surface area contributed by atoms with Crippen LogP contribution in [0.2, 0.25) is 0 Å². The fraction of sp³-hybridized carbons (Fsp3) is 0.250. The monoisotopic (exact) mass is 264 g/mol. The number of fused-ring (bicyclic) bond motifs is 1. The quantitative estimate of drug-likeness (QED) is 0.723. The fourth-order valence-electron chi connectivity index (χ4n) is 2.72. The molecular formula is C16H16N4. The van der Waals surface area contributed by atoms with Crippen molar-refractivity contribution in [2.75, 3.05) is 5.73 Å². The number of aryl methyl sites for hydroxylation is 1. The highest BCUT2D eigenvalue weighted by Gasteiger charge is 2.27. The van der Waals surface area contributed by atoms with E-state index in [1.807, 2.05) is 31.6 Å². The molecule has 1 aliphatic carbocycles. The lowest BCUT2D eigenvalue weighted by Gasteiger charge is -2.09. The molecule has 2 heterocycles. The van der Waals surface area contributed by atoms with Crippen LogP contribution in [0.5, 0.6) is 0 Å². The van der Waals surface area contributed by atoms with Crippen LogP contribution in [0, 0.1) is 6.92 Å². The van der Waals surface area contributed by atoms with Crippen molar-refractivity contribution in [3.05, 3.63) is 47.9 Å². The average Bonchev–Trinajstić information content (AvgIpc) is 3.20. The van der Waals surface area contributed by atoms with Crippen molar-refractivity contribution < 1.29 is 0 Å². The Bertz CT molecular complexity index is 782. The molecule has 0 atom stereocenters. The van der Waals surface area contributed by atoms with Crippen LogP contribution in [-0.2, 0) is 0 Å². The highest BCUT2D eigenvalue weighted by molar-refractivity contribution is 5.88. The maximum atomic E-state index is 6.02. The molecule has 0 saturated heterocycles. The van der Waals surface area contributed by atoms with Gasteiger partial charge in [-0.15, -0.1) is 0 Å². The van der Waals surface area contributed by atoms with Crippen LogP contribution in [0.3, 0.4) is 0 Å². The van der Waals surface area contributed by atoms with Crippen LogP contribution in [-0.4, -0.2) is 14.5 Å². The molecule has 1 aromatic carbocycles. The average molecular weight is 264 g/mol. The molecule has 0 bridgehead atoms. The van der Waals surface area contributed by atoms with Crippen molar-refractivity contribution in [3.8, 4) is 5.95 Å². The van der Waals surface area contributed by atoms with E-state index in [9.17, 15) is 0 Å². The molecule has 4 rings (SSSR count). The molecule has 1 fully saturated rings. The Balaban J connectivity index is 1.98. The molecule has 0 aliphatic heterocycles. The molecule has 100 valence electrons. The van der Waals surface area contributed by atoms with Crippen LogP contribution in [0.4, 0.5) is 5.69 Å². The predicted octanol–water partition coefficient (Wildman–Crippen LogP) is 3.19. The van der Waals surface area contributed by atoms with E-state index >= 15 is 0 Å². The first kappa shape index (κ1) is 11.5. The van der Waals surface area contributed by atoms with Gasteiger partial charge in [0.1, 0.15) is 0 Å². The number of nitrogen functional groups attached to an aromatic ring is 1. The van der Waals surface area contributed by atoms with Gasteiger partial charge < -0.3 is 5.73 Å². The van der Waals surface area contributed by atoms with Crippen molar-refractivity contribution in [3.63, 3.8) is 0 Å². The van der Waals surface area contributed by atoms with Gasteiger partial charge in [0.25, 0.3) is 0 Å². The normalized spacial score (nSPS) is 14.8. The van der Waals surface area contributed by atoms with Crippen LogP contribution in [0.1, 0.15) is 29.9 Å². The van der Waals surface area contributed by atoms with E-state index in [4.69, 9.17) is 5.73 Å². The Labute approximate surface area is 117 Å². The van der Waals surface area contributed by atoms with Gasteiger partial charge in [0.2, 0.25) is 5.95 Å². The van der Waals surface area contributed by atoms with E-state index in [1.54, 1.807) is 0 Å². The lowest BCUT2D eigenvalue weighted by Crippen LogP contribution is -2.01. The number of aromatic nitrogens is 3. The summed E-state index contributed by atoms with van der Waals surface area (Å²) in [6, 6.07) is 6.21. The number of benzene rings is 1. The van der Waals surface area contributed by atoms with Gasteiger partial charge in [0.05, 0.1) is 5.52 Å². The lowest BCUT2D eigenvalue weighted by atomic mass is 10.1. The molecule has 20 heavy (non-hydrogen) atoms. The SMILES string of the molecule is Cc1cnc(-n2ccc3cc(N)cc(C4CC4)c32)nc1. The number of nitrogens with two attached hydrogens (primary N) is 1. The molecule has 2 N–H and O–H groups in total. The van der Waals surface area contributed by atoms with E-state index in [2.05, 4.69) is 26.7 Å². The van der Waals surface area contributed by atoms with Crippen LogP contribution >= 0.6 is 0 Å². The van der Waals surface area contributed by atoms with Crippen LogP contribution in [0.15, 0.2) is 36.8 Å². The van der Waals surface area contributed by atoms with E-state index in [0.29, 0.717) is 5.92 Å². The molecule has 0 unspecified atom stereocenters. The zero-order valence-electron chi connectivity index (χ0n) is 11.4. The Morgan fingerprint density at radius 2 is 1.95 bits per heavy atom. The van der Waals surface area contributed by atoms with Gasteiger partial charge in [-0.2, -0.15) is 0 Å². The molecular weight excluding hydrogens is 248 g/mol. The minimum Gasteiger partial charge on any atom is -0.399 e. The second-order valence-electron chi connectivity index (χ2n) is 5.57. The summed E-state index contributed by atoms with van der Waals surface area (Å²) in [7, 11) is 0. The molecule has 1 aliphatic rings. The highest BCUT2D eigenvalue weighted by Crippen LogP contribution is 2.44. The Morgan fingerprint density at radius 1 is 1.20 bits per heavy atom. The topological polar surface area (TPSA) is 56.7 Å². The first-order chi connectivity index (χ1) is 9.72. The van der Waals surface area contributed by atoms with Gasteiger partial charge in [-0.3, -0.25) is 4.57 Å². The summed E-state index contributed by atoms with van der Waals surface area (Å²) in [5, 5.41) is 1.16. The first-order valence-electron chi connectivity index (χ1n) is 6.92. The minimum absolute atomic E-state index is 0.639. The van der Waals surface area contributed by atoms with E-state index in [0.717, 1.165) is 22.6 Å². The van der Waals surface area contributed by atoms with Gasteiger partial charge in [-0.25, -0.2) is 9.97 Å². The van der Waals surface area contributed by atoms with Gasteiger partial charge in [-0.05, 0) is 55.0 Å². The Morgan fingerprint density at radius 3 is 2.65 bits per heavy atom. The van der Waals surface area contributed by atoms with Gasteiger partial charge in [0, 0.05) is 29.7 Å². The molecule has 3 aromatic rings. The highest BCUT2D eigenvalue weighted by atomic mass is 15.1. The Hall–Kier alpha value is -2.36.